The highest BCUT2D eigenvalue weighted by molar-refractivity contribution is 5.62. The van der Waals surface area contributed by atoms with Crippen LogP contribution in [-0.2, 0) is 24.2 Å². The zero-order valence-electron chi connectivity index (χ0n) is 21.8. The molecule has 2 heterocycles. The summed E-state index contributed by atoms with van der Waals surface area (Å²) in [6, 6.07) is 29.0. The highest BCUT2D eigenvalue weighted by atomic mass is 19.4. The molecule has 0 amide bonds. The van der Waals surface area contributed by atoms with E-state index in [1.165, 1.54) is 12.1 Å². The van der Waals surface area contributed by atoms with Crippen molar-refractivity contribution >= 4 is 6.29 Å². The molecule has 4 aromatic rings. The van der Waals surface area contributed by atoms with E-state index in [2.05, 4.69) is 32.1 Å². The number of piperazine rings is 1. The average molecular weight is 546 g/mol. The summed E-state index contributed by atoms with van der Waals surface area (Å²) in [5.41, 5.74) is 3.34. The summed E-state index contributed by atoms with van der Waals surface area (Å²) in [6.45, 7) is 0.985. The monoisotopic (exact) mass is 545 g/mol. The molecule has 1 saturated heterocycles. The van der Waals surface area contributed by atoms with E-state index in [9.17, 15) is 18.0 Å². The second-order valence-electron chi connectivity index (χ2n) is 10.1. The highest BCUT2D eigenvalue weighted by Gasteiger charge is 2.48. The van der Waals surface area contributed by atoms with E-state index in [1.807, 2.05) is 60.7 Å². The largest absolute Gasteiger partial charge is 0.573 e. The van der Waals surface area contributed by atoms with E-state index in [4.69, 9.17) is 0 Å². The number of nitrogens with zero attached hydrogens (tertiary/aromatic N) is 2. The van der Waals surface area contributed by atoms with Gasteiger partial charge in [-0.3, -0.25) is 9.88 Å². The molecule has 0 saturated carbocycles. The van der Waals surface area contributed by atoms with Crippen LogP contribution in [0.2, 0.25) is 0 Å². The second-order valence-corrected chi connectivity index (χ2v) is 10.1. The lowest BCUT2D eigenvalue weighted by Crippen LogP contribution is -2.69. The summed E-state index contributed by atoms with van der Waals surface area (Å²) >= 11 is 0. The van der Waals surface area contributed by atoms with Gasteiger partial charge in [0.05, 0.1) is 6.04 Å². The van der Waals surface area contributed by atoms with Crippen LogP contribution in [-0.4, -0.2) is 40.7 Å². The highest BCUT2D eigenvalue weighted by Crippen LogP contribution is 2.37. The summed E-state index contributed by atoms with van der Waals surface area (Å²) in [6.07, 6.45) is 0.937. The van der Waals surface area contributed by atoms with E-state index < -0.39 is 17.9 Å². The number of carbonyl (C=O) groups is 1. The number of rotatable bonds is 9. The quantitative estimate of drug-likeness (QED) is 0.265. The predicted molar refractivity (Wildman–Crippen MR) is 147 cm³/mol. The minimum Gasteiger partial charge on any atom is -0.406 e. The van der Waals surface area contributed by atoms with Gasteiger partial charge in [0.2, 0.25) is 0 Å². The molecule has 40 heavy (non-hydrogen) atoms. The number of hydrogen-bond acceptors (Lipinski definition) is 5. The summed E-state index contributed by atoms with van der Waals surface area (Å²) < 4.78 is 42.4. The van der Waals surface area contributed by atoms with Gasteiger partial charge in [-0.05, 0) is 59.4 Å². The van der Waals surface area contributed by atoms with Crippen LogP contribution < -0.4 is 10.1 Å². The van der Waals surface area contributed by atoms with Crippen LogP contribution in [0.15, 0.2) is 109 Å². The first-order valence-corrected chi connectivity index (χ1v) is 13.1. The van der Waals surface area contributed by atoms with Crippen molar-refractivity contribution in [3.05, 3.63) is 132 Å². The van der Waals surface area contributed by atoms with Crippen molar-refractivity contribution in [3.63, 3.8) is 0 Å². The molecule has 5 rings (SSSR count). The lowest BCUT2D eigenvalue weighted by molar-refractivity contribution is -0.274. The molecule has 1 N–H and O–H groups in total. The number of alkyl halides is 3. The van der Waals surface area contributed by atoms with Gasteiger partial charge in [-0.1, -0.05) is 72.8 Å². The normalized spacial score (nSPS) is 21.6. The zero-order valence-corrected chi connectivity index (χ0v) is 21.8. The summed E-state index contributed by atoms with van der Waals surface area (Å²) in [7, 11) is 0. The van der Waals surface area contributed by atoms with Crippen LogP contribution in [0.1, 0.15) is 28.3 Å². The van der Waals surface area contributed by atoms with E-state index in [0.717, 1.165) is 28.5 Å². The molecule has 3 aromatic carbocycles. The summed E-state index contributed by atoms with van der Waals surface area (Å²) in [4.78, 5) is 19.4. The van der Waals surface area contributed by atoms with Crippen LogP contribution in [0.4, 0.5) is 13.2 Å². The maximum absolute atomic E-state index is 13.1. The molecule has 0 aliphatic carbocycles. The molecule has 1 aliphatic rings. The van der Waals surface area contributed by atoms with Gasteiger partial charge in [0.1, 0.15) is 12.0 Å². The van der Waals surface area contributed by atoms with Crippen molar-refractivity contribution in [2.75, 3.05) is 6.54 Å². The van der Waals surface area contributed by atoms with Gasteiger partial charge in [0.25, 0.3) is 0 Å². The van der Waals surface area contributed by atoms with Crippen molar-refractivity contribution in [2.45, 2.75) is 43.4 Å². The first kappa shape index (κ1) is 27.6. The average Bonchev–Trinajstić information content (AvgIpc) is 2.95. The Morgan fingerprint density at radius 2 is 1.43 bits per heavy atom. The van der Waals surface area contributed by atoms with E-state index >= 15 is 0 Å². The molecule has 8 heteroatoms. The van der Waals surface area contributed by atoms with Crippen molar-refractivity contribution < 1.29 is 22.7 Å². The molecule has 0 bridgehead atoms. The van der Waals surface area contributed by atoms with Crippen molar-refractivity contribution in [1.29, 1.82) is 0 Å². The molecule has 0 radical (unpaired) electrons. The van der Waals surface area contributed by atoms with Crippen molar-refractivity contribution in [2.24, 2.45) is 0 Å². The maximum atomic E-state index is 13.1. The Labute approximate surface area is 231 Å². The number of pyridine rings is 1. The number of halogens is 3. The lowest BCUT2D eigenvalue weighted by Gasteiger charge is -2.53. The number of carbonyl (C=O) groups excluding carboxylic acids is 1. The number of nitrogens with one attached hydrogen (secondary N) is 1. The Balaban J connectivity index is 1.55. The molecule has 1 aliphatic heterocycles. The molecular weight excluding hydrogens is 515 g/mol. The molecule has 3 atom stereocenters. The van der Waals surface area contributed by atoms with Crippen molar-refractivity contribution in [3.8, 4) is 5.75 Å². The zero-order chi connectivity index (χ0) is 28.0. The number of benzene rings is 3. The minimum atomic E-state index is -4.76. The molecule has 206 valence electrons. The predicted octanol–water partition coefficient (Wildman–Crippen LogP) is 5.92. The molecule has 1 aromatic heterocycles. The Morgan fingerprint density at radius 3 is 2.00 bits per heavy atom. The van der Waals surface area contributed by atoms with Gasteiger partial charge in [0, 0.05) is 37.1 Å². The van der Waals surface area contributed by atoms with Gasteiger partial charge in [-0.25, -0.2) is 0 Å². The Hall–Kier alpha value is -4.01. The van der Waals surface area contributed by atoms with Gasteiger partial charge in [-0.2, -0.15) is 0 Å². The number of hydrogen-bond donors (Lipinski definition) is 1. The van der Waals surface area contributed by atoms with Crippen molar-refractivity contribution in [1.82, 2.24) is 15.2 Å². The van der Waals surface area contributed by atoms with Crippen LogP contribution in [0.25, 0.3) is 0 Å². The smallest absolute Gasteiger partial charge is 0.406 e. The van der Waals surface area contributed by atoms with E-state index in [0.29, 0.717) is 25.9 Å². The van der Waals surface area contributed by atoms with Gasteiger partial charge in [-0.15, -0.1) is 13.2 Å². The van der Waals surface area contributed by atoms with Crippen LogP contribution >= 0.6 is 0 Å². The number of aldehydes is 1. The molecular formula is C32H30F3N3O2. The third-order valence-corrected chi connectivity index (χ3v) is 7.44. The van der Waals surface area contributed by atoms with E-state index in [1.54, 1.807) is 24.5 Å². The topological polar surface area (TPSA) is 54.5 Å². The third-order valence-electron chi connectivity index (χ3n) is 7.44. The number of ether oxygens (including phenoxy) is 1. The van der Waals surface area contributed by atoms with E-state index in [-0.39, 0.29) is 11.8 Å². The Kier molecular flexibility index (Phi) is 8.28. The summed E-state index contributed by atoms with van der Waals surface area (Å²) in [5.74, 6) is -0.280. The maximum Gasteiger partial charge on any atom is 0.573 e. The molecule has 5 nitrogen and oxygen atoms in total. The molecule has 0 spiro atoms. The lowest BCUT2D eigenvalue weighted by atomic mass is 9.75. The Bertz CT molecular complexity index is 1330. The van der Waals surface area contributed by atoms with Gasteiger partial charge < -0.3 is 14.8 Å². The minimum absolute atomic E-state index is 0.267. The Morgan fingerprint density at radius 1 is 0.850 bits per heavy atom. The van der Waals surface area contributed by atoms with Crippen LogP contribution in [0.5, 0.6) is 5.75 Å². The summed E-state index contributed by atoms with van der Waals surface area (Å²) in [5, 5.41) is 3.74. The first-order chi connectivity index (χ1) is 19.4. The molecule has 3 unspecified atom stereocenters. The van der Waals surface area contributed by atoms with Crippen LogP contribution in [0, 0.1) is 0 Å². The standard InChI is InChI=1S/C32H30F3N3O2/c33-32(34,35)40-28-13-11-27(12-14-28)29-21-37-31(19-24-7-3-1-4-8-24,20-25-15-17-36-18-16-25)30(23-39)38(29)22-26-9-5-2-6-10-26/h1-18,23,29-30,37H,19-22H2. The van der Waals surface area contributed by atoms with Crippen LogP contribution in [0.3, 0.4) is 0 Å². The number of aromatic nitrogens is 1. The fourth-order valence-electron chi connectivity index (χ4n) is 5.67. The van der Waals surface area contributed by atoms with Gasteiger partial charge >= 0.3 is 6.36 Å². The molecule has 1 fully saturated rings. The third kappa shape index (κ3) is 6.58. The SMILES string of the molecule is O=CC1N(Cc2ccccc2)C(c2ccc(OC(F)(F)F)cc2)CNC1(Cc1ccccc1)Cc1ccncc1. The first-order valence-electron chi connectivity index (χ1n) is 13.1. The van der Waals surface area contributed by atoms with Gasteiger partial charge in [0.15, 0.2) is 0 Å². The second kappa shape index (κ2) is 12.0. The fraction of sp³-hybridized carbons (Fsp3) is 0.250. The fourth-order valence-corrected chi connectivity index (χ4v) is 5.67.